The van der Waals surface area contributed by atoms with Crippen molar-refractivity contribution in [3.05, 3.63) is 70.7 Å². The normalized spacial score (nSPS) is 15.5. The number of nitrogens with zero attached hydrogens (tertiary/aromatic N) is 6. The molecule has 1 aliphatic carbocycles. The van der Waals surface area contributed by atoms with Gasteiger partial charge < -0.3 is 9.80 Å². The van der Waals surface area contributed by atoms with Crippen molar-refractivity contribution < 1.29 is 13.6 Å². The van der Waals surface area contributed by atoms with Gasteiger partial charge in [0.05, 0.1) is 17.3 Å². The summed E-state index contributed by atoms with van der Waals surface area (Å²) in [6.45, 7) is 2.20. The minimum Gasteiger partial charge on any atom is -0.353 e. The zero-order chi connectivity index (χ0) is 22.2. The van der Waals surface area contributed by atoms with Gasteiger partial charge in [0.1, 0.15) is 5.82 Å². The summed E-state index contributed by atoms with van der Waals surface area (Å²) in [5, 5.41) is 13.6. The van der Waals surface area contributed by atoms with Crippen LogP contribution < -0.4 is 4.90 Å². The Balaban J connectivity index is 1.36. The van der Waals surface area contributed by atoms with Crippen LogP contribution in [0.2, 0.25) is 0 Å². The van der Waals surface area contributed by atoms with Gasteiger partial charge in [0.15, 0.2) is 17.3 Å². The van der Waals surface area contributed by atoms with Crippen LogP contribution in [0.5, 0.6) is 0 Å². The fourth-order valence-corrected chi connectivity index (χ4v) is 4.39. The average molecular weight is 434 g/mol. The van der Waals surface area contributed by atoms with Crippen LogP contribution in [-0.4, -0.2) is 51.8 Å². The molecule has 0 spiro atoms. The Morgan fingerprint density at radius 1 is 1.03 bits per heavy atom. The maximum absolute atomic E-state index is 13.8. The summed E-state index contributed by atoms with van der Waals surface area (Å²) in [5.74, 6) is -1.29. The summed E-state index contributed by atoms with van der Waals surface area (Å²) in [7, 11) is 0. The van der Waals surface area contributed by atoms with Crippen molar-refractivity contribution in [3.8, 4) is 11.8 Å². The van der Waals surface area contributed by atoms with Crippen LogP contribution in [0, 0.1) is 23.0 Å². The highest BCUT2D eigenvalue weighted by Gasteiger charge is 2.31. The first-order valence-electron chi connectivity index (χ1n) is 10.5. The standard InChI is InChI=1S/C23H20F2N6O/c24-18-5-4-16(13-19(18)25)31-20-3-1-2-17(20)22(28-31)23(32)30-10-8-29(9-11-30)21-12-15(14-26)6-7-27-21/h4-7,12-13H,1-3,8-11H2. The minimum absolute atomic E-state index is 0.150. The molecule has 32 heavy (non-hydrogen) atoms. The van der Waals surface area contributed by atoms with Crippen LogP contribution >= 0.6 is 0 Å². The van der Waals surface area contributed by atoms with Crippen molar-refractivity contribution in [2.45, 2.75) is 19.3 Å². The molecule has 0 atom stereocenters. The number of fused-ring (bicyclic) bond motifs is 1. The molecule has 1 fully saturated rings. The highest BCUT2D eigenvalue weighted by Crippen LogP contribution is 2.29. The van der Waals surface area contributed by atoms with E-state index in [1.54, 1.807) is 27.9 Å². The van der Waals surface area contributed by atoms with Crippen molar-refractivity contribution in [2.75, 3.05) is 31.1 Å². The first kappa shape index (κ1) is 20.1. The molecule has 2 aromatic heterocycles. The van der Waals surface area contributed by atoms with E-state index in [0.717, 1.165) is 48.5 Å². The number of carbonyl (C=O) groups excluding carboxylic acids is 1. The molecule has 0 saturated carbocycles. The lowest BCUT2D eigenvalue weighted by Gasteiger charge is -2.35. The molecular weight excluding hydrogens is 414 g/mol. The third kappa shape index (κ3) is 3.47. The van der Waals surface area contributed by atoms with E-state index in [0.29, 0.717) is 43.1 Å². The second kappa shape index (κ2) is 8.04. The van der Waals surface area contributed by atoms with Gasteiger partial charge in [0.25, 0.3) is 5.91 Å². The summed E-state index contributed by atoms with van der Waals surface area (Å²) >= 11 is 0. The van der Waals surface area contributed by atoms with Crippen molar-refractivity contribution in [2.24, 2.45) is 0 Å². The van der Waals surface area contributed by atoms with Crippen molar-refractivity contribution in [1.82, 2.24) is 19.7 Å². The fourth-order valence-electron chi connectivity index (χ4n) is 4.39. The predicted molar refractivity (Wildman–Crippen MR) is 113 cm³/mol. The van der Waals surface area contributed by atoms with Crippen LogP contribution in [0.4, 0.5) is 14.6 Å². The molecule has 2 aliphatic rings. The molecule has 0 unspecified atom stereocenters. The van der Waals surface area contributed by atoms with Crippen LogP contribution in [0.25, 0.3) is 5.69 Å². The number of rotatable bonds is 3. The molecule has 5 rings (SSSR count). The highest BCUT2D eigenvalue weighted by molar-refractivity contribution is 5.94. The number of aromatic nitrogens is 3. The van der Waals surface area contributed by atoms with Gasteiger partial charge in [-0.05, 0) is 43.5 Å². The molecular formula is C23H20F2N6O. The van der Waals surface area contributed by atoms with Gasteiger partial charge in [-0.25, -0.2) is 18.4 Å². The van der Waals surface area contributed by atoms with Crippen LogP contribution in [0.15, 0.2) is 36.5 Å². The lowest BCUT2D eigenvalue weighted by atomic mass is 10.1. The molecule has 162 valence electrons. The average Bonchev–Trinajstić information content (AvgIpc) is 3.44. The van der Waals surface area contributed by atoms with Crippen LogP contribution in [-0.2, 0) is 12.8 Å². The third-order valence-corrected chi connectivity index (χ3v) is 6.05. The van der Waals surface area contributed by atoms with E-state index in [-0.39, 0.29) is 5.91 Å². The molecule has 1 aliphatic heterocycles. The number of benzene rings is 1. The van der Waals surface area contributed by atoms with E-state index in [2.05, 4.69) is 21.1 Å². The lowest BCUT2D eigenvalue weighted by molar-refractivity contribution is 0.0739. The molecule has 0 bridgehead atoms. The monoisotopic (exact) mass is 434 g/mol. The van der Waals surface area contributed by atoms with Gasteiger partial charge >= 0.3 is 0 Å². The zero-order valence-corrected chi connectivity index (χ0v) is 17.3. The Morgan fingerprint density at radius 3 is 2.59 bits per heavy atom. The Kier molecular flexibility index (Phi) is 5.05. The van der Waals surface area contributed by atoms with Crippen molar-refractivity contribution in [3.63, 3.8) is 0 Å². The fraction of sp³-hybridized carbons (Fsp3) is 0.304. The number of carbonyl (C=O) groups is 1. The van der Waals surface area contributed by atoms with Crippen LogP contribution in [0.3, 0.4) is 0 Å². The highest BCUT2D eigenvalue weighted by atomic mass is 19.2. The van der Waals surface area contributed by atoms with E-state index in [9.17, 15) is 13.6 Å². The molecule has 3 heterocycles. The number of amides is 1. The number of hydrogen-bond donors (Lipinski definition) is 0. The van der Waals surface area contributed by atoms with Gasteiger partial charge in [-0.2, -0.15) is 10.4 Å². The molecule has 0 radical (unpaired) electrons. The molecule has 3 aromatic rings. The van der Waals surface area contributed by atoms with E-state index >= 15 is 0 Å². The molecule has 1 amide bonds. The molecule has 0 N–H and O–H groups in total. The molecule has 1 saturated heterocycles. The number of halogens is 2. The van der Waals surface area contributed by atoms with E-state index in [4.69, 9.17) is 5.26 Å². The smallest absolute Gasteiger partial charge is 0.274 e. The van der Waals surface area contributed by atoms with E-state index in [1.165, 1.54) is 6.07 Å². The second-order valence-electron chi connectivity index (χ2n) is 7.93. The molecule has 7 nitrogen and oxygen atoms in total. The maximum Gasteiger partial charge on any atom is 0.274 e. The number of nitriles is 1. The minimum atomic E-state index is -0.942. The van der Waals surface area contributed by atoms with Gasteiger partial charge in [0.2, 0.25) is 0 Å². The molecule has 9 heteroatoms. The van der Waals surface area contributed by atoms with E-state index in [1.807, 2.05) is 0 Å². The quantitative estimate of drug-likeness (QED) is 0.634. The summed E-state index contributed by atoms with van der Waals surface area (Å²) in [6.07, 6.45) is 3.99. The van der Waals surface area contributed by atoms with Gasteiger partial charge in [-0.3, -0.25) is 4.79 Å². The van der Waals surface area contributed by atoms with Gasteiger partial charge in [-0.15, -0.1) is 0 Å². The summed E-state index contributed by atoms with van der Waals surface area (Å²) in [5.41, 5.74) is 3.13. The number of piperazine rings is 1. The number of pyridine rings is 1. The first-order valence-corrected chi connectivity index (χ1v) is 10.5. The summed E-state index contributed by atoms with van der Waals surface area (Å²) in [6, 6.07) is 9.17. The largest absolute Gasteiger partial charge is 0.353 e. The Bertz CT molecular complexity index is 1240. The van der Waals surface area contributed by atoms with Crippen molar-refractivity contribution >= 4 is 11.7 Å². The van der Waals surface area contributed by atoms with E-state index < -0.39 is 11.6 Å². The molecule has 1 aromatic carbocycles. The predicted octanol–water partition coefficient (Wildman–Crippen LogP) is 2.87. The van der Waals surface area contributed by atoms with Gasteiger partial charge in [0, 0.05) is 49.7 Å². The topological polar surface area (TPSA) is 78.1 Å². The second-order valence-corrected chi connectivity index (χ2v) is 7.93. The number of hydrogen-bond acceptors (Lipinski definition) is 5. The third-order valence-electron chi connectivity index (χ3n) is 6.05. The summed E-state index contributed by atoms with van der Waals surface area (Å²) in [4.78, 5) is 21.5. The zero-order valence-electron chi connectivity index (χ0n) is 17.3. The Labute approximate surface area is 183 Å². The maximum atomic E-state index is 13.8. The Morgan fingerprint density at radius 2 is 1.84 bits per heavy atom. The first-order chi connectivity index (χ1) is 15.5. The summed E-state index contributed by atoms with van der Waals surface area (Å²) < 4.78 is 28.7. The SMILES string of the molecule is N#Cc1ccnc(N2CCN(C(=O)c3nn(-c4ccc(F)c(F)c4)c4c3CCC4)CC2)c1. The Hall–Kier alpha value is -3.80. The lowest BCUT2D eigenvalue weighted by Crippen LogP contribution is -2.49. The van der Waals surface area contributed by atoms with Crippen LogP contribution in [0.1, 0.15) is 33.7 Å². The van der Waals surface area contributed by atoms with Gasteiger partial charge in [-0.1, -0.05) is 0 Å². The number of anilines is 1. The van der Waals surface area contributed by atoms with Crippen molar-refractivity contribution in [1.29, 1.82) is 5.26 Å².